The zero-order valence-electron chi connectivity index (χ0n) is 10.3. The average molecular weight is 234 g/mol. The molecule has 1 aromatic rings. The summed E-state index contributed by atoms with van der Waals surface area (Å²) < 4.78 is 1.39. The van der Waals surface area contributed by atoms with Crippen LogP contribution in [-0.2, 0) is 6.54 Å². The molecule has 0 aromatic carbocycles. The van der Waals surface area contributed by atoms with Gasteiger partial charge in [0.25, 0.3) is 5.56 Å². The first-order valence-corrected chi connectivity index (χ1v) is 5.81. The Morgan fingerprint density at radius 2 is 2.35 bits per heavy atom. The third kappa shape index (κ3) is 4.68. The van der Waals surface area contributed by atoms with E-state index < -0.39 is 0 Å². The molecule has 0 bridgehead atoms. The highest BCUT2D eigenvalue weighted by Crippen LogP contribution is 2.02. The van der Waals surface area contributed by atoms with Gasteiger partial charge in [-0.3, -0.25) is 4.79 Å². The predicted molar refractivity (Wildman–Crippen MR) is 66.7 cm³/mol. The smallest absolute Gasteiger partial charge is 0.268 e. The van der Waals surface area contributed by atoms with E-state index in [2.05, 4.69) is 24.3 Å². The summed E-state index contributed by atoms with van der Waals surface area (Å²) in [5.41, 5.74) is 0.622. The molecule has 92 valence electrons. The van der Waals surface area contributed by atoms with Crippen molar-refractivity contribution in [3.05, 3.63) is 22.6 Å². The summed E-state index contributed by atoms with van der Waals surface area (Å²) in [6.07, 6.45) is 2.75. The van der Waals surface area contributed by atoms with Gasteiger partial charge >= 0.3 is 0 Å². The highest BCUT2D eigenvalue weighted by atomic mass is 16.1. The number of nitrogens with one attached hydrogen (secondary N) is 1. The molecule has 5 nitrogen and oxygen atoms in total. The molecule has 0 unspecified atom stereocenters. The van der Waals surface area contributed by atoms with Crippen LogP contribution in [0, 0.1) is 17.2 Å². The zero-order chi connectivity index (χ0) is 12.7. The van der Waals surface area contributed by atoms with Gasteiger partial charge in [-0.1, -0.05) is 13.8 Å². The first-order chi connectivity index (χ1) is 8.13. The van der Waals surface area contributed by atoms with Gasteiger partial charge in [-0.15, -0.1) is 0 Å². The summed E-state index contributed by atoms with van der Waals surface area (Å²) in [6, 6.07) is 3.59. The molecule has 0 saturated carbocycles. The van der Waals surface area contributed by atoms with Gasteiger partial charge in [0.15, 0.2) is 0 Å². The lowest BCUT2D eigenvalue weighted by Crippen LogP contribution is -2.23. The van der Waals surface area contributed by atoms with Gasteiger partial charge < -0.3 is 5.32 Å². The van der Waals surface area contributed by atoms with E-state index in [1.54, 1.807) is 12.3 Å². The highest BCUT2D eigenvalue weighted by Gasteiger charge is 2.00. The second-order valence-electron chi connectivity index (χ2n) is 4.34. The number of hydrogen-bond acceptors (Lipinski definition) is 4. The summed E-state index contributed by atoms with van der Waals surface area (Å²) >= 11 is 0. The minimum Gasteiger partial charge on any atom is -0.383 e. The number of hydrogen-bond donors (Lipinski definition) is 1. The van der Waals surface area contributed by atoms with E-state index >= 15 is 0 Å². The Hall–Kier alpha value is -1.83. The number of rotatable bonds is 6. The molecule has 0 aliphatic carbocycles. The molecule has 17 heavy (non-hydrogen) atoms. The van der Waals surface area contributed by atoms with E-state index in [1.807, 2.05) is 6.07 Å². The number of nitrogens with zero attached hydrogens (tertiary/aromatic N) is 3. The maximum Gasteiger partial charge on any atom is 0.268 e. The van der Waals surface area contributed by atoms with Crippen molar-refractivity contribution in [2.24, 2.45) is 5.92 Å². The molecule has 0 radical (unpaired) electrons. The number of nitriles is 1. The van der Waals surface area contributed by atoms with E-state index in [0.717, 1.165) is 12.2 Å². The lowest BCUT2D eigenvalue weighted by molar-refractivity contribution is 0.554. The zero-order valence-corrected chi connectivity index (χ0v) is 10.3. The summed E-state index contributed by atoms with van der Waals surface area (Å²) in [5.74, 6) is 0.521. The first kappa shape index (κ1) is 13.2. The van der Waals surface area contributed by atoms with Crippen LogP contribution in [0.3, 0.4) is 0 Å². The van der Waals surface area contributed by atoms with Crippen molar-refractivity contribution in [3.63, 3.8) is 0 Å². The number of aromatic nitrogens is 2. The van der Waals surface area contributed by atoms with Crippen LogP contribution in [0.4, 0.5) is 5.69 Å². The van der Waals surface area contributed by atoms with Crippen molar-refractivity contribution in [2.75, 3.05) is 11.9 Å². The fourth-order valence-corrected chi connectivity index (χ4v) is 1.33. The molecular formula is C12H18N4O. The lowest BCUT2D eigenvalue weighted by atomic mass is 10.2. The standard InChI is InChI=1S/C12H18N4O/c1-10(2)8-14-11-7-12(17)16(15-9-11)6-4-3-5-13/h7,9-10,14H,3-4,6,8H2,1-2H3. The van der Waals surface area contributed by atoms with Gasteiger partial charge in [0.05, 0.1) is 18.0 Å². The Labute approximate surface area is 101 Å². The SMILES string of the molecule is CC(C)CNc1cnn(CCCC#N)c(=O)c1. The largest absolute Gasteiger partial charge is 0.383 e. The van der Waals surface area contributed by atoms with Crippen LogP contribution in [0.25, 0.3) is 0 Å². The van der Waals surface area contributed by atoms with Crippen molar-refractivity contribution in [3.8, 4) is 6.07 Å². The maximum atomic E-state index is 11.7. The second-order valence-corrected chi connectivity index (χ2v) is 4.34. The molecule has 1 aromatic heterocycles. The van der Waals surface area contributed by atoms with Crippen LogP contribution in [0.1, 0.15) is 26.7 Å². The summed E-state index contributed by atoms with van der Waals surface area (Å²) in [6.45, 7) is 5.52. The molecule has 0 aliphatic heterocycles. The van der Waals surface area contributed by atoms with Crippen molar-refractivity contribution < 1.29 is 0 Å². The van der Waals surface area contributed by atoms with E-state index in [4.69, 9.17) is 5.26 Å². The number of anilines is 1. The molecule has 0 aliphatic rings. The van der Waals surface area contributed by atoms with Crippen LogP contribution in [0.5, 0.6) is 0 Å². The molecule has 0 saturated heterocycles. The van der Waals surface area contributed by atoms with Gasteiger partial charge in [0.1, 0.15) is 0 Å². The Kier molecular flexibility index (Phi) is 5.21. The first-order valence-electron chi connectivity index (χ1n) is 5.81. The molecule has 0 atom stereocenters. The Balaban J connectivity index is 2.60. The minimum absolute atomic E-state index is 0.128. The second kappa shape index (κ2) is 6.69. The molecular weight excluding hydrogens is 216 g/mol. The van der Waals surface area contributed by atoms with E-state index in [9.17, 15) is 4.79 Å². The van der Waals surface area contributed by atoms with Crippen LogP contribution < -0.4 is 10.9 Å². The van der Waals surface area contributed by atoms with Gasteiger partial charge in [0, 0.05) is 25.6 Å². The normalized spacial score (nSPS) is 10.2. The predicted octanol–water partition coefficient (Wildman–Crippen LogP) is 1.61. The van der Waals surface area contributed by atoms with Crippen molar-refractivity contribution in [1.29, 1.82) is 5.26 Å². The van der Waals surface area contributed by atoms with Crippen LogP contribution in [0.2, 0.25) is 0 Å². The summed E-state index contributed by atoms with van der Waals surface area (Å²) in [7, 11) is 0. The Morgan fingerprint density at radius 1 is 1.59 bits per heavy atom. The molecule has 0 amide bonds. The van der Waals surface area contributed by atoms with Gasteiger partial charge in [-0.05, 0) is 12.3 Å². The number of unbranched alkanes of at least 4 members (excludes halogenated alkanes) is 1. The third-order valence-electron chi connectivity index (χ3n) is 2.24. The highest BCUT2D eigenvalue weighted by molar-refractivity contribution is 5.38. The van der Waals surface area contributed by atoms with E-state index in [-0.39, 0.29) is 5.56 Å². The van der Waals surface area contributed by atoms with Gasteiger partial charge in [-0.2, -0.15) is 10.4 Å². The van der Waals surface area contributed by atoms with Crippen molar-refractivity contribution in [1.82, 2.24) is 9.78 Å². The van der Waals surface area contributed by atoms with Crippen LogP contribution in [-0.4, -0.2) is 16.3 Å². The average Bonchev–Trinajstić information content (AvgIpc) is 2.29. The molecule has 0 spiro atoms. The summed E-state index contributed by atoms with van der Waals surface area (Å²) in [5, 5.41) is 15.6. The molecule has 0 fully saturated rings. The summed E-state index contributed by atoms with van der Waals surface area (Å²) in [4.78, 5) is 11.7. The molecule has 5 heteroatoms. The van der Waals surface area contributed by atoms with E-state index in [0.29, 0.717) is 25.3 Å². The Morgan fingerprint density at radius 3 is 2.94 bits per heavy atom. The van der Waals surface area contributed by atoms with Gasteiger partial charge in [-0.25, -0.2) is 4.68 Å². The Bertz CT molecular complexity index is 445. The van der Waals surface area contributed by atoms with Crippen LogP contribution in [0.15, 0.2) is 17.1 Å². The fraction of sp³-hybridized carbons (Fsp3) is 0.583. The fourth-order valence-electron chi connectivity index (χ4n) is 1.33. The number of aryl methyl sites for hydroxylation is 1. The minimum atomic E-state index is -0.128. The maximum absolute atomic E-state index is 11.7. The van der Waals surface area contributed by atoms with Crippen molar-refractivity contribution >= 4 is 5.69 Å². The molecule has 1 N–H and O–H groups in total. The lowest BCUT2D eigenvalue weighted by Gasteiger charge is -2.09. The molecule has 1 heterocycles. The monoisotopic (exact) mass is 234 g/mol. The van der Waals surface area contributed by atoms with Crippen molar-refractivity contribution in [2.45, 2.75) is 33.2 Å². The molecule has 1 rings (SSSR count). The van der Waals surface area contributed by atoms with Gasteiger partial charge in [0.2, 0.25) is 0 Å². The topological polar surface area (TPSA) is 70.7 Å². The third-order valence-corrected chi connectivity index (χ3v) is 2.24. The van der Waals surface area contributed by atoms with E-state index in [1.165, 1.54) is 4.68 Å². The van der Waals surface area contributed by atoms with Crippen LogP contribution >= 0.6 is 0 Å². The quantitative estimate of drug-likeness (QED) is 0.759.